The van der Waals surface area contributed by atoms with Gasteiger partial charge in [0.2, 0.25) is 21.8 Å². The monoisotopic (exact) mass is 797 g/mol. The number of fused-ring (bicyclic) bond motifs is 1. The second kappa shape index (κ2) is 13.4. The first-order chi connectivity index (χ1) is 24.5. The maximum Gasteiger partial charge on any atom is 0.315 e. The van der Waals surface area contributed by atoms with Gasteiger partial charge in [-0.05, 0) is 60.2 Å². The summed E-state index contributed by atoms with van der Waals surface area (Å²) in [5, 5.41) is 8.08. The molecule has 1 heterocycles. The van der Waals surface area contributed by atoms with Gasteiger partial charge in [0, 0.05) is 51.6 Å². The van der Waals surface area contributed by atoms with Gasteiger partial charge in [-0.2, -0.15) is 17.0 Å². The Morgan fingerprint density at radius 3 is 1.93 bits per heavy atom. The molecule has 1 aliphatic heterocycles. The van der Waals surface area contributed by atoms with Crippen LogP contribution in [-0.4, -0.2) is 117 Å². The fourth-order valence-electron chi connectivity index (χ4n) is 9.39. The first-order valence-electron chi connectivity index (χ1n) is 19.1. The largest absolute Gasteiger partial charge is 0.339 e. The number of likely N-dealkylation sites (tertiary alicyclic amines) is 1. The van der Waals surface area contributed by atoms with E-state index in [1.165, 1.54) is 31.5 Å². The van der Waals surface area contributed by atoms with Crippen molar-refractivity contribution >= 4 is 44.0 Å². The summed E-state index contributed by atoms with van der Waals surface area (Å²) in [6.45, 7) is 19.6. The molecule has 6 atom stereocenters. The van der Waals surface area contributed by atoms with Gasteiger partial charge in [0.1, 0.15) is 17.6 Å². The normalized spacial score (nSPS) is 29.7. The Bertz CT molecular complexity index is 1790. The molecule has 0 aromatic heterocycles. The Kier molecular flexibility index (Phi) is 10.5. The maximum atomic E-state index is 14.9. The minimum Gasteiger partial charge on any atom is -0.339 e. The average Bonchev–Trinajstić information content (AvgIpc) is 3.95. The fraction of sp³-hybridized carbons (Fsp3) is 0.838. The Balaban J connectivity index is 1.41. The van der Waals surface area contributed by atoms with Crippen molar-refractivity contribution in [3.63, 3.8) is 0 Å². The molecule has 1 saturated heterocycles. The van der Waals surface area contributed by atoms with E-state index >= 15 is 0 Å². The number of carbonyl (C=O) groups is 4. The van der Waals surface area contributed by atoms with E-state index in [0.29, 0.717) is 25.8 Å². The summed E-state index contributed by atoms with van der Waals surface area (Å²) in [5.74, 6) is -2.28. The summed E-state index contributed by atoms with van der Waals surface area (Å²) in [4.78, 5) is 58.3. The molecule has 4 saturated carbocycles. The van der Waals surface area contributed by atoms with Crippen LogP contribution in [0.15, 0.2) is 12.7 Å². The minimum atomic E-state index is -3.88. The van der Waals surface area contributed by atoms with Crippen LogP contribution in [0.3, 0.4) is 0 Å². The molecule has 5 amide bonds. The lowest BCUT2D eigenvalue weighted by atomic mass is 9.73. The molecule has 17 heteroatoms. The van der Waals surface area contributed by atoms with E-state index in [4.69, 9.17) is 0 Å². The van der Waals surface area contributed by atoms with Crippen LogP contribution in [0.1, 0.15) is 100 Å². The highest BCUT2D eigenvalue weighted by Gasteiger charge is 2.85. The lowest BCUT2D eigenvalue weighted by molar-refractivity contribution is -0.142. The zero-order valence-electron chi connectivity index (χ0n) is 34.0. The van der Waals surface area contributed by atoms with Gasteiger partial charge < -0.3 is 20.9 Å². The van der Waals surface area contributed by atoms with E-state index in [1.54, 1.807) is 4.90 Å². The first kappa shape index (κ1) is 42.4. The SMILES string of the molecule is C=C[C@@H]1C[C@]1(NC(=O)[C@@H]1C[C@@]2(CN1C(=O)[C@@H](NC(=O)N[C@H](CN(C)S(=O)(=O)N(C)C)C(C)(C)C)C(C)(C)C)C(C)(C)C21CCC1)C(=O)NS(=O)(=O)C1CC1. The van der Waals surface area contributed by atoms with Crippen LogP contribution in [0.2, 0.25) is 0 Å². The lowest BCUT2D eigenvalue weighted by Crippen LogP contribution is -2.62. The van der Waals surface area contributed by atoms with E-state index in [9.17, 15) is 36.0 Å². The summed E-state index contributed by atoms with van der Waals surface area (Å²) in [5.41, 5.74) is -3.44. The van der Waals surface area contributed by atoms with Crippen LogP contribution in [-0.2, 0) is 34.6 Å². The Hall–Kier alpha value is -2.76. The first-order valence-corrected chi connectivity index (χ1v) is 22.0. The number of sulfonamides is 1. The minimum absolute atomic E-state index is 0.0252. The summed E-state index contributed by atoms with van der Waals surface area (Å²) < 4.78 is 55.6. The molecule has 5 fully saturated rings. The molecule has 0 aromatic carbocycles. The van der Waals surface area contributed by atoms with Crippen LogP contribution in [0, 0.1) is 33.0 Å². The lowest BCUT2D eigenvalue weighted by Gasteiger charge is -2.38. The number of urea groups is 1. The van der Waals surface area contributed by atoms with Crippen molar-refractivity contribution in [2.75, 3.05) is 34.2 Å². The molecule has 5 aliphatic rings. The van der Waals surface area contributed by atoms with Crippen molar-refractivity contribution in [1.29, 1.82) is 0 Å². The quantitative estimate of drug-likeness (QED) is 0.204. The number of nitrogens with zero attached hydrogens (tertiary/aromatic N) is 3. The van der Waals surface area contributed by atoms with Crippen LogP contribution < -0.4 is 20.7 Å². The van der Waals surface area contributed by atoms with Gasteiger partial charge in [-0.1, -0.05) is 67.9 Å². The van der Waals surface area contributed by atoms with Crippen molar-refractivity contribution in [2.24, 2.45) is 33.0 Å². The number of hydrogen-bond acceptors (Lipinski definition) is 8. The molecule has 0 aromatic rings. The van der Waals surface area contributed by atoms with Crippen molar-refractivity contribution in [3.05, 3.63) is 12.7 Å². The topological polar surface area (TPSA) is 194 Å². The van der Waals surface area contributed by atoms with E-state index in [-0.39, 0.29) is 29.2 Å². The van der Waals surface area contributed by atoms with Gasteiger partial charge in [-0.25, -0.2) is 13.2 Å². The summed E-state index contributed by atoms with van der Waals surface area (Å²) >= 11 is 0. The van der Waals surface area contributed by atoms with Crippen LogP contribution >= 0.6 is 0 Å². The highest BCUT2D eigenvalue weighted by atomic mass is 32.2. The Labute approximate surface area is 322 Å². The number of amides is 5. The van der Waals surface area contributed by atoms with Crippen molar-refractivity contribution < 1.29 is 36.0 Å². The van der Waals surface area contributed by atoms with Gasteiger partial charge in [0.15, 0.2) is 0 Å². The molecule has 4 aliphatic carbocycles. The zero-order chi connectivity index (χ0) is 40.8. The third kappa shape index (κ3) is 6.97. The smallest absolute Gasteiger partial charge is 0.315 e. The predicted molar refractivity (Wildman–Crippen MR) is 205 cm³/mol. The average molecular weight is 798 g/mol. The second-order valence-corrected chi connectivity index (χ2v) is 23.6. The summed E-state index contributed by atoms with van der Waals surface area (Å²) in [7, 11) is -3.35. The highest BCUT2D eigenvalue weighted by molar-refractivity contribution is 7.91. The number of nitrogens with one attached hydrogen (secondary N) is 4. The van der Waals surface area contributed by atoms with Crippen LogP contribution in [0.4, 0.5) is 4.79 Å². The predicted octanol–water partition coefficient (Wildman–Crippen LogP) is 2.32. The molecule has 0 bridgehead atoms. The zero-order valence-corrected chi connectivity index (χ0v) is 35.6. The molecule has 54 heavy (non-hydrogen) atoms. The summed E-state index contributed by atoms with van der Waals surface area (Å²) in [6, 6.07) is -3.37. The second-order valence-electron chi connectivity index (χ2n) is 19.4. The van der Waals surface area contributed by atoms with Crippen LogP contribution in [0.5, 0.6) is 0 Å². The molecular formula is C37H63N7O8S2. The molecule has 15 nitrogen and oxygen atoms in total. The van der Waals surface area contributed by atoms with Gasteiger partial charge in [0.25, 0.3) is 16.1 Å². The van der Waals surface area contributed by atoms with E-state index in [0.717, 1.165) is 23.6 Å². The van der Waals surface area contributed by atoms with E-state index in [1.807, 2.05) is 41.5 Å². The molecular weight excluding hydrogens is 735 g/mol. The molecule has 306 valence electrons. The van der Waals surface area contributed by atoms with Gasteiger partial charge in [-0.15, -0.1) is 6.58 Å². The van der Waals surface area contributed by atoms with E-state index in [2.05, 4.69) is 41.1 Å². The number of hydrogen-bond donors (Lipinski definition) is 4. The maximum absolute atomic E-state index is 14.9. The molecule has 2 spiro atoms. The third-order valence-electron chi connectivity index (χ3n) is 13.7. The third-order valence-corrected chi connectivity index (χ3v) is 17.4. The number of rotatable bonds is 13. The Morgan fingerprint density at radius 2 is 1.50 bits per heavy atom. The van der Waals surface area contributed by atoms with Crippen LogP contribution in [0.25, 0.3) is 0 Å². The van der Waals surface area contributed by atoms with Crippen molar-refractivity contribution in [2.45, 2.75) is 129 Å². The van der Waals surface area contributed by atoms with Gasteiger partial charge in [-0.3, -0.25) is 19.1 Å². The summed E-state index contributed by atoms with van der Waals surface area (Å²) in [6.07, 6.45) is 6.05. The van der Waals surface area contributed by atoms with Gasteiger partial charge in [0.05, 0.1) is 5.25 Å². The molecule has 0 radical (unpaired) electrons. The van der Waals surface area contributed by atoms with Gasteiger partial charge >= 0.3 is 6.03 Å². The molecule has 0 unspecified atom stereocenters. The number of carbonyl (C=O) groups excluding carboxylic acids is 4. The highest BCUT2D eigenvalue weighted by Crippen LogP contribution is 2.88. The fourth-order valence-corrected chi connectivity index (χ4v) is 11.7. The molecule has 5 rings (SSSR count). The van der Waals surface area contributed by atoms with Crippen molar-refractivity contribution in [1.82, 2.24) is 34.2 Å². The molecule has 4 N–H and O–H groups in total. The van der Waals surface area contributed by atoms with E-state index < -0.39 is 89.6 Å². The standard InChI is InChI=1S/C37H63N7O8S2/c1-13-23-19-37(23,30(47)41-53(49,50)24-15-16-24)40-28(45)25-20-36(34(8,9)35(36)17-14-18-35)22-44(25)29(46)27(33(5,6)7)39-31(48)38-26(32(2,3)4)21-43(12)54(51,52)42(10)11/h13,23-27H,1,14-22H2,2-12H3,(H,40,45)(H,41,47)(H2,38,39,48)/t23-,25+,26-,27-,36-,37-/m1/s1. The Morgan fingerprint density at radius 1 is 0.907 bits per heavy atom. The van der Waals surface area contributed by atoms with Crippen molar-refractivity contribution in [3.8, 4) is 0 Å². The number of likely N-dealkylation sites (N-methyl/N-ethyl adjacent to an activating group) is 1.